The molecule has 0 saturated heterocycles. The Kier molecular flexibility index (Phi) is 65.7. The maximum atomic E-state index is 12.1. The molecular weight excluding hydrogens is 1060 g/mol. The molecule has 1 unspecified atom stereocenters. The van der Waals surface area contributed by atoms with Gasteiger partial charge in [-0.05, 0) is 25.2 Å². The zero-order chi connectivity index (χ0) is 58.0. The number of amides is 2. The Balaban J connectivity index is 3.19. The lowest BCUT2D eigenvalue weighted by molar-refractivity contribution is -0.128. The van der Waals surface area contributed by atoms with E-state index in [9.17, 15) is 14.4 Å². The summed E-state index contributed by atoms with van der Waals surface area (Å²) < 4.78 is 110. The molecule has 0 rings (SSSR count). The van der Waals surface area contributed by atoms with Gasteiger partial charge in [0.2, 0.25) is 11.8 Å². The molecule has 25 nitrogen and oxygen atoms in total. The van der Waals surface area contributed by atoms with Crippen molar-refractivity contribution in [3.05, 3.63) is 0 Å². The van der Waals surface area contributed by atoms with Crippen LogP contribution in [0, 0.1) is 5.92 Å². The van der Waals surface area contributed by atoms with Crippen LogP contribution in [0.4, 0.5) is 0 Å². The lowest BCUT2D eigenvalue weighted by atomic mass is 10.1. The molecule has 0 saturated carbocycles. The molecule has 3 N–H and O–H groups in total. The first-order chi connectivity index (χ1) is 39.4. The molecule has 0 fully saturated rings. The molecular formula is C55H108N2O23. The Labute approximate surface area is 478 Å². The minimum atomic E-state index is -0.642. The van der Waals surface area contributed by atoms with Crippen LogP contribution in [0.15, 0.2) is 0 Å². The van der Waals surface area contributed by atoms with Gasteiger partial charge in [-0.25, -0.2) is 0 Å². The van der Waals surface area contributed by atoms with Gasteiger partial charge in [-0.15, -0.1) is 0 Å². The standard InChI is InChI=1S/C55H108N2O23/c1-4-6-53(55(56)60)57-54(59)10-14-64-18-22-68-26-30-72-34-38-76-40-39-73-35-31-69-27-23-65-19-15-61-11-5-7-52(58)9-13-63-17-21-67-25-29-71-33-37-75-42-44-78-46-48-80-50-49-79-47-45-77-43-41-74-36-32-70-28-24-66-20-16-62-12-8-51(2)3/h51,53H,4-50H2,1-3H3,(H2,56,60)(H,57,59). The van der Waals surface area contributed by atoms with E-state index >= 15 is 0 Å². The molecule has 0 aromatic carbocycles. The Morgan fingerprint density at radius 2 is 0.525 bits per heavy atom. The fourth-order valence-electron chi connectivity index (χ4n) is 6.17. The number of rotatable bonds is 71. The summed E-state index contributed by atoms with van der Waals surface area (Å²) in [6.07, 6.45) is 3.95. The van der Waals surface area contributed by atoms with Crippen molar-refractivity contribution >= 4 is 17.6 Å². The van der Waals surface area contributed by atoms with Gasteiger partial charge in [0.05, 0.1) is 251 Å². The van der Waals surface area contributed by atoms with Crippen molar-refractivity contribution in [3.8, 4) is 0 Å². The number of nitrogens with two attached hydrogens (primary N) is 1. The number of carbonyl (C=O) groups excluding carboxylic acids is 3. The lowest BCUT2D eigenvalue weighted by Gasteiger charge is -2.14. The molecule has 0 radical (unpaired) electrons. The Hall–Kier alpha value is -2.19. The summed E-state index contributed by atoms with van der Waals surface area (Å²) in [5.74, 6) is -0.00385. The number of ether oxygens (including phenoxy) is 20. The van der Waals surface area contributed by atoms with E-state index in [0.717, 1.165) is 19.4 Å². The molecule has 0 heterocycles. The Bertz CT molecular complexity index is 1270. The van der Waals surface area contributed by atoms with Crippen LogP contribution in [0.2, 0.25) is 0 Å². The van der Waals surface area contributed by atoms with E-state index in [1.807, 2.05) is 6.92 Å². The van der Waals surface area contributed by atoms with Crippen LogP contribution in [-0.4, -0.2) is 288 Å². The van der Waals surface area contributed by atoms with Crippen molar-refractivity contribution in [1.29, 1.82) is 0 Å². The van der Waals surface area contributed by atoms with Gasteiger partial charge in [0.25, 0.3) is 0 Å². The van der Waals surface area contributed by atoms with Gasteiger partial charge in [0, 0.05) is 32.5 Å². The number of nitrogens with one attached hydrogen (secondary N) is 1. The number of ketones is 1. The zero-order valence-electron chi connectivity index (χ0n) is 49.4. The van der Waals surface area contributed by atoms with E-state index in [-0.39, 0.29) is 24.7 Å². The molecule has 25 heteroatoms. The third kappa shape index (κ3) is 66.6. The molecule has 0 aromatic rings. The van der Waals surface area contributed by atoms with Crippen LogP contribution in [0.5, 0.6) is 0 Å². The number of hydrogen-bond donors (Lipinski definition) is 2. The topological polar surface area (TPSA) is 274 Å². The van der Waals surface area contributed by atoms with Gasteiger partial charge in [-0.2, -0.15) is 0 Å². The van der Waals surface area contributed by atoms with Gasteiger partial charge < -0.3 is 106 Å². The number of Topliss-reactive ketones (excluding diaryl/α,β-unsaturated/α-hetero) is 1. The van der Waals surface area contributed by atoms with Crippen LogP contribution in [0.25, 0.3) is 0 Å². The fraction of sp³-hybridized carbons (Fsp3) is 0.945. The quantitative estimate of drug-likeness (QED) is 0.0827. The average Bonchev–Trinajstić information content (AvgIpc) is 3.44. The summed E-state index contributed by atoms with van der Waals surface area (Å²) in [5, 5.41) is 2.62. The third-order valence-corrected chi connectivity index (χ3v) is 10.5. The second-order valence-corrected chi connectivity index (χ2v) is 17.9. The summed E-state index contributed by atoms with van der Waals surface area (Å²) in [5.41, 5.74) is 5.29. The van der Waals surface area contributed by atoms with Gasteiger partial charge >= 0.3 is 0 Å². The Morgan fingerprint density at radius 3 is 0.762 bits per heavy atom. The molecule has 0 bridgehead atoms. The van der Waals surface area contributed by atoms with Crippen molar-refractivity contribution in [2.75, 3.05) is 264 Å². The Morgan fingerprint density at radius 1 is 0.300 bits per heavy atom. The van der Waals surface area contributed by atoms with Crippen LogP contribution in [0.3, 0.4) is 0 Å². The molecule has 0 aromatic heterocycles. The fourth-order valence-corrected chi connectivity index (χ4v) is 6.17. The maximum absolute atomic E-state index is 12.1. The molecule has 0 aliphatic heterocycles. The average molecular weight is 1170 g/mol. The molecule has 476 valence electrons. The van der Waals surface area contributed by atoms with Crippen LogP contribution in [-0.2, 0) is 109 Å². The van der Waals surface area contributed by atoms with Crippen molar-refractivity contribution in [2.24, 2.45) is 11.7 Å². The van der Waals surface area contributed by atoms with Crippen molar-refractivity contribution < 1.29 is 109 Å². The molecule has 0 spiro atoms. The first-order valence-electron chi connectivity index (χ1n) is 29.0. The van der Waals surface area contributed by atoms with Gasteiger partial charge in [-0.3, -0.25) is 14.4 Å². The number of hydrogen-bond acceptors (Lipinski definition) is 23. The highest BCUT2D eigenvalue weighted by Crippen LogP contribution is 2.00. The number of carbonyl (C=O) groups is 3. The smallest absolute Gasteiger partial charge is 0.239 e. The third-order valence-electron chi connectivity index (χ3n) is 10.5. The minimum Gasteiger partial charge on any atom is -0.379 e. The van der Waals surface area contributed by atoms with Crippen molar-refractivity contribution in [3.63, 3.8) is 0 Å². The minimum absolute atomic E-state index is 0.142. The molecule has 80 heavy (non-hydrogen) atoms. The predicted molar refractivity (Wildman–Crippen MR) is 295 cm³/mol. The van der Waals surface area contributed by atoms with Crippen LogP contribution >= 0.6 is 0 Å². The highest BCUT2D eigenvalue weighted by molar-refractivity contribution is 5.86. The largest absolute Gasteiger partial charge is 0.379 e. The van der Waals surface area contributed by atoms with E-state index in [1.165, 1.54) is 0 Å². The van der Waals surface area contributed by atoms with E-state index in [4.69, 9.17) is 100 Å². The van der Waals surface area contributed by atoms with E-state index in [2.05, 4.69) is 19.2 Å². The lowest BCUT2D eigenvalue weighted by Crippen LogP contribution is -2.44. The first-order valence-corrected chi connectivity index (χ1v) is 29.0. The first kappa shape index (κ1) is 77.8. The van der Waals surface area contributed by atoms with Crippen LogP contribution < -0.4 is 11.1 Å². The second-order valence-electron chi connectivity index (χ2n) is 17.9. The molecule has 0 aliphatic rings. The van der Waals surface area contributed by atoms with Gasteiger partial charge in [0.15, 0.2) is 0 Å². The normalized spacial score (nSPS) is 12.1. The highest BCUT2D eigenvalue weighted by Gasteiger charge is 2.16. The van der Waals surface area contributed by atoms with Gasteiger partial charge in [-0.1, -0.05) is 27.2 Å². The highest BCUT2D eigenvalue weighted by atomic mass is 16.6. The summed E-state index contributed by atoms with van der Waals surface area (Å²) in [6, 6.07) is -0.642. The monoisotopic (exact) mass is 1160 g/mol. The molecule has 1 atom stereocenters. The molecule has 0 aliphatic carbocycles. The SMILES string of the molecule is CCCC(NC(=O)CCOCCOCCOCCOCCOCCOCCOCCOCCCC(=O)CCOCCOCCOCCOCCOCCOCCOCCOCCOCCOCCOCCOCCC(C)C)C(N)=O. The summed E-state index contributed by atoms with van der Waals surface area (Å²) in [4.78, 5) is 35.3. The van der Waals surface area contributed by atoms with Crippen molar-refractivity contribution in [1.82, 2.24) is 5.32 Å². The van der Waals surface area contributed by atoms with Crippen LogP contribution in [0.1, 0.15) is 65.7 Å². The summed E-state index contributed by atoms with van der Waals surface area (Å²) in [7, 11) is 0. The van der Waals surface area contributed by atoms with E-state index in [0.29, 0.717) is 283 Å². The van der Waals surface area contributed by atoms with Gasteiger partial charge in [0.1, 0.15) is 11.8 Å². The predicted octanol–water partition coefficient (Wildman–Crippen LogP) is 2.26. The summed E-state index contributed by atoms with van der Waals surface area (Å²) in [6.45, 7) is 25.2. The van der Waals surface area contributed by atoms with E-state index < -0.39 is 11.9 Å². The summed E-state index contributed by atoms with van der Waals surface area (Å²) >= 11 is 0. The second kappa shape index (κ2) is 67.6. The van der Waals surface area contributed by atoms with E-state index in [1.54, 1.807) is 0 Å². The maximum Gasteiger partial charge on any atom is 0.239 e. The number of primary amides is 1. The van der Waals surface area contributed by atoms with Crippen molar-refractivity contribution in [2.45, 2.75) is 71.8 Å². The zero-order valence-corrected chi connectivity index (χ0v) is 49.4. The molecule has 2 amide bonds.